The van der Waals surface area contributed by atoms with E-state index in [0.29, 0.717) is 0 Å². The molecule has 1 rings (SSSR count). The van der Waals surface area contributed by atoms with Gasteiger partial charge in [-0.3, -0.25) is 19.3 Å². The van der Waals surface area contributed by atoms with Gasteiger partial charge < -0.3 is 10.4 Å². The molecule has 0 aromatic rings. The summed E-state index contributed by atoms with van der Waals surface area (Å²) in [6.45, 7) is 2.21. The van der Waals surface area contributed by atoms with Crippen LogP contribution in [0.3, 0.4) is 0 Å². The Morgan fingerprint density at radius 1 is 1.44 bits per heavy atom. The van der Waals surface area contributed by atoms with E-state index in [9.17, 15) is 14.4 Å². The molecular weight excluding hydrogens is 236 g/mol. The van der Waals surface area contributed by atoms with Crippen LogP contribution in [0.2, 0.25) is 0 Å². The molecule has 2 atom stereocenters. The van der Waals surface area contributed by atoms with Crippen molar-refractivity contribution >= 4 is 17.7 Å². The number of hydrogen-bond acceptors (Lipinski definition) is 4. The Labute approximate surface area is 106 Å². The number of likely N-dealkylation sites (N-methyl/N-ethyl adjacent to an activating group) is 1. The summed E-state index contributed by atoms with van der Waals surface area (Å²) in [7, 11) is 1.87. The summed E-state index contributed by atoms with van der Waals surface area (Å²) >= 11 is 0. The summed E-state index contributed by atoms with van der Waals surface area (Å²) in [5.41, 5.74) is 0. The third-order valence-electron chi connectivity index (χ3n) is 3.29. The fraction of sp³-hybridized carbons (Fsp3) is 0.750. The first-order chi connectivity index (χ1) is 8.41. The van der Waals surface area contributed by atoms with E-state index in [1.807, 2.05) is 11.9 Å². The zero-order valence-electron chi connectivity index (χ0n) is 10.8. The van der Waals surface area contributed by atoms with Gasteiger partial charge in [-0.1, -0.05) is 0 Å². The Morgan fingerprint density at radius 3 is 2.56 bits per heavy atom. The summed E-state index contributed by atoms with van der Waals surface area (Å²) in [5.74, 6) is -2.22. The molecule has 0 bridgehead atoms. The summed E-state index contributed by atoms with van der Waals surface area (Å²) in [6.07, 6.45) is 1.74. The number of carboxylic acids is 1. The quantitative estimate of drug-likeness (QED) is 0.691. The van der Waals surface area contributed by atoms with Gasteiger partial charge in [-0.2, -0.15) is 0 Å². The molecule has 1 saturated heterocycles. The number of likely N-dealkylation sites (tertiary alicyclic amines) is 1. The lowest BCUT2D eigenvalue weighted by Gasteiger charge is -2.20. The Morgan fingerprint density at radius 2 is 2.11 bits per heavy atom. The number of carbonyl (C=O) groups is 3. The number of nitrogens with zero attached hydrogens (tertiary/aromatic N) is 1. The van der Waals surface area contributed by atoms with Crippen molar-refractivity contribution in [1.82, 2.24) is 10.2 Å². The zero-order valence-corrected chi connectivity index (χ0v) is 10.8. The highest BCUT2D eigenvalue weighted by molar-refractivity contribution is 5.88. The number of carboxylic acid groups (broad SMARTS) is 1. The van der Waals surface area contributed by atoms with Gasteiger partial charge in [0.2, 0.25) is 5.91 Å². The van der Waals surface area contributed by atoms with Crippen molar-refractivity contribution in [2.24, 2.45) is 5.92 Å². The molecule has 1 heterocycles. The van der Waals surface area contributed by atoms with Crippen LogP contribution < -0.4 is 5.32 Å². The van der Waals surface area contributed by atoms with Gasteiger partial charge in [0.05, 0.1) is 12.0 Å². The molecule has 1 fully saturated rings. The Kier molecular flexibility index (Phi) is 5.27. The van der Waals surface area contributed by atoms with Gasteiger partial charge in [-0.25, -0.2) is 0 Å². The second kappa shape index (κ2) is 6.49. The van der Waals surface area contributed by atoms with Crippen LogP contribution in [0.1, 0.15) is 26.2 Å². The summed E-state index contributed by atoms with van der Waals surface area (Å²) in [6, 6.07) is -0.163. The van der Waals surface area contributed by atoms with Gasteiger partial charge in [0.25, 0.3) is 0 Å². The number of Topliss-reactive ketones (excluding diaryl/α,β-unsaturated/α-hetero) is 1. The van der Waals surface area contributed by atoms with Crippen LogP contribution in [0, 0.1) is 5.92 Å². The molecule has 1 aliphatic heterocycles. The molecule has 6 nitrogen and oxygen atoms in total. The second-order valence-corrected chi connectivity index (χ2v) is 4.78. The molecule has 0 radical (unpaired) electrons. The van der Waals surface area contributed by atoms with Crippen LogP contribution >= 0.6 is 0 Å². The van der Waals surface area contributed by atoms with E-state index < -0.39 is 11.9 Å². The predicted octanol–water partition coefficient (Wildman–Crippen LogP) is -0.123. The van der Waals surface area contributed by atoms with Crippen LogP contribution in [-0.4, -0.2) is 53.8 Å². The van der Waals surface area contributed by atoms with Crippen LogP contribution in [0.5, 0.6) is 0 Å². The third kappa shape index (κ3) is 4.10. The first-order valence-electron chi connectivity index (χ1n) is 6.12. The number of aliphatic carboxylic acids is 1. The van der Waals surface area contributed by atoms with Gasteiger partial charge in [0.1, 0.15) is 0 Å². The van der Waals surface area contributed by atoms with E-state index in [0.717, 1.165) is 19.4 Å². The van der Waals surface area contributed by atoms with E-state index in [2.05, 4.69) is 5.32 Å². The molecule has 18 heavy (non-hydrogen) atoms. The van der Waals surface area contributed by atoms with Crippen molar-refractivity contribution in [3.63, 3.8) is 0 Å². The Bertz CT molecular complexity index is 343. The minimum Gasteiger partial charge on any atom is -0.481 e. The maximum atomic E-state index is 12.0. The van der Waals surface area contributed by atoms with E-state index in [1.165, 1.54) is 6.92 Å². The molecule has 0 spiro atoms. The average molecular weight is 256 g/mol. The number of amides is 1. The molecule has 6 heteroatoms. The number of ketones is 1. The number of hydrogen-bond donors (Lipinski definition) is 2. The molecule has 0 aromatic carbocycles. The number of nitrogens with one attached hydrogen (secondary N) is 1. The Balaban J connectivity index is 2.52. The van der Waals surface area contributed by atoms with Crippen molar-refractivity contribution in [2.75, 3.05) is 20.1 Å². The van der Waals surface area contributed by atoms with Gasteiger partial charge in [-0.05, 0) is 26.4 Å². The monoisotopic (exact) mass is 256 g/mol. The van der Waals surface area contributed by atoms with Crippen molar-refractivity contribution < 1.29 is 19.5 Å². The van der Waals surface area contributed by atoms with Crippen molar-refractivity contribution in [3.8, 4) is 0 Å². The van der Waals surface area contributed by atoms with E-state index >= 15 is 0 Å². The molecule has 2 N–H and O–H groups in total. The Hall–Kier alpha value is -1.43. The van der Waals surface area contributed by atoms with Crippen molar-refractivity contribution in [1.29, 1.82) is 0 Å². The SMILES string of the molecule is CC(=O)NCC(CC(=O)C1CCCN1C)C(=O)O. The van der Waals surface area contributed by atoms with E-state index in [-0.39, 0.29) is 30.7 Å². The van der Waals surface area contributed by atoms with E-state index in [1.54, 1.807) is 0 Å². The predicted molar refractivity (Wildman–Crippen MR) is 65.1 cm³/mol. The van der Waals surface area contributed by atoms with E-state index in [4.69, 9.17) is 5.11 Å². The molecule has 0 aromatic heterocycles. The molecule has 0 saturated carbocycles. The maximum absolute atomic E-state index is 12.0. The minimum absolute atomic E-state index is 0.00679. The highest BCUT2D eigenvalue weighted by atomic mass is 16.4. The highest BCUT2D eigenvalue weighted by Crippen LogP contribution is 2.18. The fourth-order valence-electron chi connectivity index (χ4n) is 2.21. The van der Waals surface area contributed by atoms with Crippen LogP contribution in [0.4, 0.5) is 0 Å². The topological polar surface area (TPSA) is 86.7 Å². The molecular formula is C12H20N2O4. The van der Waals surface area contributed by atoms with Crippen molar-refractivity contribution in [2.45, 2.75) is 32.2 Å². The largest absolute Gasteiger partial charge is 0.481 e. The summed E-state index contributed by atoms with van der Waals surface area (Å²) in [5, 5.41) is 11.5. The van der Waals surface area contributed by atoms with Crippen LogP contribution in [0.25, 0.3) is 0 Å². The van der Waals surface area contributed by atoms with Gasteiger partial charge in [0, 0.05) is 19.9 Å². The standard InChI is InChI=1S/C12H20N2O4/c1-8(15)13-7-9(12(17)18)6-11(16)10-4-3-5-14(10)2/h9-10H,3-7H2,1-2H3,(H,13,15)(H,17,18). The number of rotatable bonds is 6. The fourth-order valence-corrected chi connectivity index (χ4v) is 2.21. The van der Waals surface area contributed by atoms with Gasteiger partial charge in [0.15, 0.2) is 5.78 Å². The highest BCUT2D eigenvalue weighted by Gasteiger charge is 2.31. The lowest BCUT2D eigenvalue weighted by atomic mass is 9.97. The number of carbonyl (C=O) groups excluding carboxylic acids is 2. The lowest BCUT2D eigenvalue weighted by molar-refractivity contribution is -0.144. The maximum Gasteiger partial charge on any atom is 0.308 e. The third-order valence-corrected chi connectivity index (χ3v) is 3.29. The first-order valence-corrected chi connectivity index (χ1v) is 6.12. The summed E-state index contributed by atoms with van der Waals surface area (Å²) in [4.78, 5) is 35.7. The molecule has 1 aliphatic rings. The first kappa shape index (κ1) is 14.6. The van der Waals surface area contributed by atoms with Crippen LogP contribution in [0.15, 0.2) is 0 Å². The molecule has 1 amide bonds. The van der Waals surface area contributed by atoms with Gasteiger partial charge in [-0.15, -0.1) is 0 Å². The van der Waals surface area contributed by atoms with Crippen LogP contribution in [-0.2, 0) is 14.4 Å². The molecule has 2 unspecified atom stereocenters. The second-order valence-electron chi connectivity index (χ2n) is 4.78. The van der Waals surface area contributed by atoms with Gasteiger partial charge >= 0.3 is 5.97 Å². The summed E-state index contributed by atoms with van der Waals surface area (Å²) < 4.78 is 0. The lowest BCUT2D eigenvalue weighted by Crippen LogP contribution is -2.38. The van der Waals surface area contributed by atoms with Crippen molar-refractivity contribution in [3.05, 3.63) is 0 Å². The average Bonchev–Trinajstić information content (AvgIpc) is 2.69. The normalized spacial score (nSPS) is 21.6. The molecule has 0 aliphatic carbocycles. The minimum atomic E-state index is -1.04. The molecule has 102 valence electrons. The smallest absolute Gasteiger partial charge is 0.308 e. The zero-order chi connectivity index (χ0) is 13.7.